The van der Waals surface area contributed by atoms with Crippen molar-refractivity contribution >= 4 is 6.09 Å². The van der Waals surface area contributed by atoms with Gasteiger partial charge in [-0.15, -0.1) is 0 Å². The zero-order chi connectivity index (χ0) is 15.8. The van der Waals surface area contributed by atoms with Gasteiger partial charge in [-0.05, 0) is 25.5 Å². The van der Waals surface area contributed by atoms with Gasteiger partial charge >= 0.3 is 6.09 Å². The van der Waals surface area contributed by atoms with Crippen LogP contribution in [0.4, 0.5) is 4.79 Å². The number of nitrogens with one attached hydrogen (secondary N) is 1. The fourth-order valence-electron chi connectivity index (χ4n) is 3.05. The number of benzene rings is 1. The molecule has 0 unspecified atom stereocenters. The molecule has 1 aromatic rings. The van der Waals surface area contributed by atoms with Crippen LogP contribution in [0, 0.1) is 0 Å². The van der Waals surface area contributed by atoms with Crippen LogP contribution in [0.2, 0.25) is 0 Å². The summed E-state index contributed by atoms with van der Waals surface area (Å²) < 4.78 is 5.30. The lowest BCUT2D eigenvalue weighted by Crippen LogP contribution is -2.52. The number of hydrogen-bond donors (Lipinski definition) is 2. The number of likely N-dealkylation sites (N-methyl/N-ethyl adjacent to an activating group) is 1. The van der Waals surface area contributed by atoms with E-state index in [-0.39, 0.29) is 31.4 Å². The van der Waals surface area contributed by atoms with Crippen LogP contribution >= 0.6 is 0 Å². The number of amides is 1. The van der Waals surface area contributed by atoms with Crippen molar-refractivity contribution in [1.82, 2.24) is 10.2 Å². The second kappa shape index (κ2) is 8.76. The Hall–Kier alpha value is -1.59. The smallest absolute Gasteiger partial charge is 0.407 e. The molecule has 1 aliphatic carbocycles. The van der Waals surface area contributed by atoms with Gasteiger partial charge in [0.1, 0.15) is 6.61 Å². The van der Waals surface area contributed by atoms with Gasteiger partial charge < -0.3 is 15.2 Å². The van der Waals surface area contributed by atoms with Gasteiger partial charge in [-0.3, -0.25) is 4.90 Å². The Morgan fingerprint density at radius 2 is 2.05 bits per heavy atom. The van der Waals surface area contributed by atoms with Gasteiger partial charge in [-0.1, -0.05) is 43.2 Å². The molecule has 1 fully saturated rings. The predicted molar refractivity (Wildman–Crippen MR) is 85.5 cm³/mol. The third-order valence-electron chi connectivity index (χ3n) is 4.26. The van der Waals surface area contributed by atoms with Crippen LogP contribution in [0.15, 0.2) is 30.3 Å². The van der Waals surface area contributed by atoms with E-state index >= 15 is 0 Å². The lowest BCUT2D eigenvalue weighted by Gasteiger charge is -2.37. The van der Waals surface area contributed by atoms with Crippen LogP contribution in [0.3, 0.4) is 0 Å². The molecule has 0 saturated heterocycles. The van der Waals surface area contributed by atoms with E-state index in [1.807, 2.05) is 37.4 Å². The summed E-state index contributed by atoms with van der Waals surface area (Å²) in [5, 5.41) is 12.1. The zero-order valence-electron chi connectivity index (χ0n) is 13.2. The molecule has 1 aliphatic rings. The fraction of sp³-hybridized carbons (Fsp3) is 0.588. The highest BCUT2D eigenvalue weighted by molar-refractivity contribution is 5.67. The number of aliphatic hydroxyl groups excluding tert-OH is 1. The summed E-state index contributed by atoms with van der Waals surface area (Å²) in [5.74, 6) is 0. The van der Waals surface area contributed by atoms with Gasteiger partial charge in [0.05, 0.1) is 6.61 Å². The van der Waals surface area contributed by atoms with Crippen molar-refractivity contribution in [3.8, 4) is 0 Å². The van der Waals surface area contributed by atoms with Crippen molar-refractivity contribution in [2.45, 2.75) is 44.4 Å². The highest BCUT2D eigenvalue weighted by atomic mass is 16.5. The molecule has 2 N–H and O–H groups in total. The van der Waals surface area contributed by atoms with Crippen LogP contribution in [0.5, 0.6) is 0 Å². The van der Waals surface area contributed by atoms with E-state index < -0.39 is 0 Å². The molecule has 0 bridgehead atoms. The molecular weight excluding hydrogens is 280 g/mol. The van der Waals surface area contributed by atoms with Crippen molar-refractivity contribution in [3.63, 3.8) is 0 Å². The average molecular weight is 306 g/mol. The lowest BCUT2D eigenvalue weighted by molar-refractivity contribution is 0.102. The van der Waals surface area contributed by atoms with Crippen LogP contribution in [-0.2, 0) is 11.3 Å². The predicted octanol–water partition coefficient (Wildman–Crippen LogP) is 2.15. The molecule has 1 saturated carbocycles. The molecule has 122 valence electrons. The largest absolute Gasteiger partial charge is 0.445 e. The Morgan fingerprint density at radius 3 is 2.77 bits per heavy atom. The SMILES string of the molecule is CN(CCO)[C@@H]1CCCC[C@@H]1NC(=O)OCc1ccccc1. The fourth-order valence-corrected chi connectivity index (χ4v) is 3.05. The highest BCUT2D eigenvalue weighted by Gasteiger charge is 2.29. The lowest BCUT2D eigenvalue weighted by atomic mass is 9.89. The normalized spacial score (nSPS) is 21.6. The van der Waals surface area contributed by atoms with Gasteiger partial charge in [0, 0.05) is 18.6 Å². The summed E-state index contributed by atoms with van der Waals surface area (Å²) >= 11 is 0. The maximum absolute atomic E-state index is 12.0. The summed E-state index contributed by atoms with van der Waals surface area (Å²) in [7, 11) is 2.00. The number of alkyl carbamates (subject to hydrolysis) is 1. The quantitative estimate of drug-likeness (QED) is 0.845. The molecule has 1 amide bonds. The van der Waals surface area contributed by atoms with Gasteiger partial charge in [0.2, 0.25) is 0 Å². The van der Waals surface area contributed by atoms with Crippen LogP contribution in [0.1, 0.15) is 31.2 Å². The summed E-state index contributed by atoms with van der Waals surface area (Å²) in [6.07, 6.45) is 3.92. The number of hydrogen-bond acceptors (Lipinski definition) is 4. The first-order chi connectivity index (χ1) is 10.7. The summed E-state index contributed by atoms with van der Waals surface area (Å²) in [6.45, 7) is 1.05. The van der Waals surface area contributed by atoms with E-state index in [4.69, 9.17) is 9.84 Å². The minimum atomic E-state index is -0.363. The number of aliphatic hydroxyl groups is 1. The Kier molecular flexibility index (Phi) is 6.68. The number of carbonyl (C=O) groups is 1. The van der Waals surface area contributed by atoms with Crippen molar-refractivity contribution in [2.24, 2.45) is 0 Å². The molecule has 5 nitrogen and oxygen atoms in total. The molecule has 0 spiro atoms. The van der Waals surface area contributed by atoms with E-state index in [9.17, 15) is 4.79 Å². The first-order valence-electron chi connectivity index (χ1n) is 7.99. The Morgan fingerprint density at radius 1 is 1.32 bits per heavy atom. The van der Waals surface area contributed by atoms with E-state index in [1.165, 1.54) is 0 Å². The molecule has 2 atom stereocenters. The van der Waals surface area contributed by atoms with Crippen molar-refractivity contribution in [3.05, 3.63) is 35.9 Å². The minimum absolute atomic E-state index is 0.0913. The second-order valence-corrected chi connectivity index (χ2v) is 5.87. The molecule has 0 aliphatic heterocycles. The number of ether oxygens (including phenoxy) is 1. The van der Waals surface area contributed by atoms with Gasteiger partial charge in [-0.25, -0.2) is 4.79 Å². The molecule has 0 heterocycles. The van der Waals surface area contributed by atoms with Crippen molar-refractivity contribution in [1.29, 1.82) is 0 Å². The second-order valence-electron chi connectivity index (χ2n) is 5.87. The summed E-state index contributed by atoms with van der Waals surface area (Å²) in [6, 6.07) is 10.0. The van der Waals surface area contributed by atoms with E-state index in [0.29, 0.717) is 6.54 Å². The Bertz CT molecular complexity index is 452. The Labute approximate surface area is 132 Å². The van der Waals surface area contributed by atoms with Crippen LogP contribution in [-0.4, -0.2) is 48.4 Å². The van der Waals surface area contributed by atoms with Crippen molar-refractivity contribution in [2.75, 3.05) is 20.2 Å². The first-order valence-corrected chi connectivity index (χ1v) is 7.99. The summed E-state index contributed by atoms with van der Waals surface area (Å²) in [4.78, 5) is 14.1. The molecular formula is C17H26N2O3. The summed E-state index contributed by atoms with van der Waals surface area (Å²) in [5.41, 5.74) is 0.982. The van der Waals surface area contributed by atoms with Crippen LogP contribution < -0.4 is 5.32 Å². The maximum atomic E-state index is 12.0. The number of nitrogens with zero attached hydrogens (tertiary/aromatic N) is 1. The molecule has 2 rings (SSSR count). The molecule has 0 aromatic heterocycles. The zero-order valence-corrected chi connectivity index (χ0v) is 13.2. The highest BCUT2D eigenvalue weighted by Crippen LogP contribution is 2.22. The minimum Gasteiger partial charge on any atom is -0.445 e. The Balaban J connectivity index is 1.83. The third kappa shape index (κ3) is 5.00. The third-order valence-corrected chi connectivity index (χ3v) is 4.26. The molecule has 0 radical (unpaired) electrons. The average Bonchev–Trinajstić information content (AvgIpc) is 2.54. The first kappa shape index (κ1) is 16.8. The van der Waals surface area contributed by atoms with Gasteiger partial charge in [0.15, 0.2) is 0 Å². The number of rotatable bonds is 6. The molecule has 1 aromatic carbocycles. The topological polar surface area (TPSA) is 61.8 Å². The monoisotopic (exact) mass is 306 g/mol. The van der Waals surface area contributed by atoms with Crippen LogP contribution in [0.25, 0.3) is 0 Å². The molecule has 22 heavy (non-hydrogen) atoms. The van der Waals surface area contributed by atoms with Crippen molar-refractivity contribution < 1.29 is 14.6 Å². The van der Waals surface area contributed by atoms with E-state index in [1.54, 1.807) is 0 Å². The standard InChI is InChI=1S/C17H26N2O3/c1-19(11-12-20)16-10-6-5-9-15(16)18-17(21)22-13-14-7-3-2-4-8-14/h2-4,7-8,15-16,20H,5-6,9-13H2,1H3,(H,18,21)/t15-,16+/m0/s1. The van der Waals surface area contributed by atoms with E-state index in [0.717, 1.165) is 31.2 Å². The van der Waals surface area contributed by atoms with E-state index in [2.05, 4.69) is 10.2 Å². The number of carbonyl (C=O) groups excluding carboxylic acids is 1. The maximum Gasteiger partial charge on any atom is 0.407 e. The van der Waals surface area contributed by atoms with Gasteiger partial charge in [0.25, 0.3) is 0 Å². The molecule has 5 heteroatoms. The van der Waals surface area contributed by atoms with Gasteiger partial charge in [-0.2, -0.15) is 0 Å².